The van der Waals surface area contributed by atoms with E-state index in [9.17, 15) is 9.59 Å². The van der Waals surface area contributed by atoms with Crippen molar-refractivity contribution >= 4 is 23.4 Å². The predicted octanol–water partition coefficient (Wildman–Crippen LogP) is 2.00. The molecule has 1 aliphatic heterocycles. The summed E-state index contributed by atoms with van der Waals surface area (Å²) in [6, 6.07) is 9.26. The first-order valence-corrected chi connectivity index (χ1v) is 8.28. The van der Waals surface area contributed by atoms with E-state index in [1.165, 1.54) is 0 Å². The molecule has 0 atom stereocenters. The van der Waals surface area contributed by atoms with Gasteiger partial charge in [-0.25, -0.2) is 0 Å². The number of hydrogen-bond acceptors (Lipinski definition) is 3. The van der Waals surface area contributed by atoms with Crippen LogP contribution in [-0.4, -0.2) is 60.3 Å². The topological polar surface area (TPSA) is 49.9 Å². The molecule has 126 valence electrons. The van der Waals surface area contributed by atoms with Gasteiger partial charge in [0.15, 0.2) is 6.61 Å². The van der Waals surface area contributed by atoms with Gasteiger partial charge in [0.1, 0.15) is 5.75 Å². The van der Waals surface area contributed by atoms with Gasteiger partial charge in [-0.2, -0.15) is 0 Å². The van der Waals surface area contributed by atoms with E-state index in [0.29, 0.717) is 31.9 Å². The molecule has 0 radical (unpaired) electrons. The molecule has 1 aromatic rings. The summed E-state index contributed by atoms with van der Waals surface area (Å²) in [5, 5.41) is 0. The third kappa shape index (κ3) is 4.61. The summed E-state index contributed by atoms with van der Waals surface area (Å²) in [7, 11) is 0. The molecular formula is C17H23ClN2O3. The van der Waals surface area contributed by atoms with Gasteiger partial charge in [0.2, 0.25) is 5.91 Å². The van der Waals surface area contributed by atoms with Crippen LogP contribution in [0.5, 0.6) is 5.75 Å². The zero-order valence-electron chi connectivity index (χ0n) is 13.6. The van der Waals surface area contributed by atoms with Gasteiger partial charge in [-0.05, 0) is 26.0 Å². The van der Waals surface area contributed by atoms with Crippen LogP contribution in [0.1, 0.15) is 13.8 Å². The summed E-state index contributed by atoms with van der Waals surface area (Å²) in [5.41, 5.74) is -0.565. The number of nitrogens with zero attached hydrogens (tertiary/aromatic N) is 2. The van der Waals surface area contributed by atoms with Gasteiger partial charge >= 0.3 is 0 Å². The van der Waals surface area contributed by atoms with Crippen molar-refractivity contribution in [3.63, 3.8) is 0 Å². The van der Waals surface area contributed by atoms with E-state index in [1.54, 1.807) is 9.80 Å². The summed E-state index contributed by atoms with van der Waals surface area (Å²) < 4.78 is 5.48. The normalized spacial score (nSPS) is 15.4. The molecule has 0 aromatic heterocycles. The number of benzene rings is 1. The van der Waals surface area contributed by atoms with Crippen LogP contribution in [0.25, 0.3) is 0 Å². The number of amides is 2. The number of halogens is 1. The number of rotatable bonds is 5. The first kappa shape index (κ1) is 17.6. The molecule has 2 amide bonds. The van der Waals surface area contributed by atoms with Crippen LogP contribution in [-0.2, 0) is 9.59 Å². The van der Waals surface area contributed by atoms with Crippen LogP contribution in [0.3, 0.4) is 0 Å². The number of alkyl halides is 1. The summed E-state index contributed by atoms with van der Waals surface area (Å²) in [6.45, 7) is 5.83. The second-order valence-corrected chi connectivity index (χ2v) is 6.56. The van der Waals surface area contributed by atoms with E-state index in [1.807, 2.05) is 44.2 Å². The monoisotopic (exact) mass is 338 g/mol. The third-order valence-electron chi connectivity index (χ3n) is 3.94. The molecule has 0 N–H and O–H groups in total. The smallest absolute Gasteiger partial charge is 0.260 e. The Balaban J connectivity index is 1.80. The first-order chi connectivity index (χ1) is 10.9. The molecule has 2 rings (SSSR count). The number of hydrogen-bond donors (Lipinski definition) is 0. The van der Waals surface area contributed by atoms with Gasteiger partial charge in [-0.3, -0.25) is 9.59 Å². The van der Waals surface area contributed by atoms with Crippen LogP contribution in [0, 0.1) is 5.41 Å². The summed E-state index contributed by atoms with van der Waals surface area (Å²) in [4.78, 5) is 28.0. The molecule has 1 fully saturated rings. The highest BCUT2D eigenvalue weighted by atomic mass is 35.5. The molecule has 5 nitrogen and oxygen atoms in total. The predicted molar refractivity (Wildman–Crippen MR) is 89.6 cm³/mol. The van der Waals surface area contributed by atoms with Crippen LogP contribution < -0.4 is 4.74 Å². The fourth-order valence-corrected chi connectivity index (χ4v) is 2.51. The lowest BCUT2D eigenvalue weighted by Crippen LogP contribution is -2.54. The Bertz CT molecular complexity index is 540. The molecule has 0 spiro atoms. The van der Waals surface area contributed by atoms with E-state index in [0.717, 1.165) is 0 Å². The highest BCUT2D eigenvalue weighted by molar-refractivity contribution is 6.19. The number of piperazine rings is 1. The van der Waals surface area contributed by atoms with Gasteiger partial charge in [-0.15, -0.1) is 11.6 Å². The average molecular weight is 339 g/mol. The molecule has 0 unspecified atom stereocenters. The Labute approximate surface area is 142 Å². The number of carbonyl (C=O) groups is 2. The van der Waals surface area contributed by atoms with E-state index in [2.05, 4.69) is 0 Å². The Morgan fingerprint density at radius 1 is 1.09 bits per heavy atom. The zero-order valence-corrected chi connectivity index (χ0v) is 14.4. The molecule has 0 saturated carbocycles. The summed E-state index contributed by atoms with van der Waals surface area (Å²) >= 11 is 5.86. The molecule has 0 bridgehead atoms. The number of para-hydroxylation sites is 1. The lowest BCUT2D eigenvalue weighted by molar-refractivity contribution is -0.145. The Morgan fingerprint density at radius 3 is 2.22 bits per heavy atom. The quantitative estimate of drug-likeness (QED) is 0.772. The minimum atomic E-state index is -0.565. The van der Waals surface area contributed by atoms with Crippen molar-refractivity contribution in [1.29, 1.82) is 0 Å². The minimum absolute atomic E-state index is 0.0190. The van der Waals surface area contributed by atoms with Crippen molar-refractivity contribution in [2.45, 2.75) is 13.8 Å². The van der Waals surface area contributed by atoms with Crippen molar-refractivity contribution in [2.24, 2.45) is 5.41 Å². The standard InChI is InChI=1S/C17H23ClN2O3/c1-17(2,13-18)16(22)20-10-8-19(9-11-20)15(21)12-23-14-6-4-3-5-7-14/h3-7H,8-13H2,1-2H3. The van der Waals surface area contributed by atoms with Gasteiger partial charge in [-0.1, -0.05) is 18.2 Å². The average Bonchev–Trinajstić information content (AvgIpc) is 2.60. The highest BCUT2D eigenvalue weighted by Crippen LogP contribution is 2.21. The maximum absolute atomic E-state index is 12.4. The van der Waals surface area contributed by atoms with Crippen LogP contribution in [0.15, 0.2) is 30.3 Å². The lowest BCUT2D eigenvalue weighted by atomic mass is 9.94. The summed E-state index contributed by atoms with van der Waals surface area (Å²) in [6.07, 6.45) is 0. The van der Waals surface area contributed by atoms with Crippen molar-refractivity contribution in [1.82, 2.24) is 9.80 Å². The Hall–Kier alpha value is -1.75. The maximum Gasteiger partial charge on any atom is 0.260 e. The van der Waals surface area contributed by atoms with Crippen LogP contribution in [0.2, 0.25) is 0 Å². The van der Waals surface area contributed by atoms with Gasteiger partial charge in [0, 0.05) is 32.1 Å². The number of ether oxygens (including phenoxy) is 1. The molecule has 1 aromatic carbocycles. The summed E-state index contributed by atoms with van der Waals surface area (Å²) in [5.74, 6) is 0.951. The lowest BCUT2D eigenvalue weighted by Gasteiger charge is -2.38. The van der Waals surface area contributed by atoms with E-state index in [4.69, 9.17) is 16.3 Å². The fourth-order valence-electron chi connectivity index (χ4n) is 2.40. The Morgan fingerprint density at radius 2 is 1.65 bits per heavy atom. The SMILES string of the molecule is CC(C)(CCl)C(=O)N1CCN(C(=O)COc2ccccc2)CC1. The Kier molecular flexibility index (Phi) is 5.88. The molecule has 1 saturated heterocycles. The number of carbonyl (C=O) groups excluding carboxylic acids is 2. The van der Waals surface area contributed by atoms with Gasteiger partial charge < -0.3 is 14.5 Å². The molecular weight excluding hydrogens is 316 g/mol. The van der Waals surface area contributed by atoms with Crippen molar-refractivity contribution in [3.8, 4) is 5.75 Å². The van der Waals surface area contributed by atoms with E-state index < -0.39 is 5.41 Å². The molecule has 1 aliphatic rings. The van der Waals surface area contributed by atoms with E-state index in [-0.39, 0.29) is 24.3 Å². The zero-order chi connectivity index (χ0) is 16.9. The molecule has 6 heteroatoms. The second kappa shape index (κ2) is 7.68. The van der Waals surface area contributed by atoms with E-state index >= 15 is 0 Å². The maximum atomic E-state index is 12.4. The first-order valence-electron chi connectivity index (χ1n) is 7.75. The van der Waals surface area contributed by atoms with Gasteiger partial charge in [0.05, 0.1) is 5.41 Å². The van der Waals surface area contributed by atoms with Crippen LogP contribution in [0.4, 0.5) is 0 Å². The largest absolute Gasteiger partial charge is 0.484 e. The van der Waals surface area contributed by atoms with Crippen molar-refractivity contribution in [3.05, 3.63) is 30.3 Å². The molecule has 23 heavy (non-hydrogen) atoms. The van der Waals surface area contributed by atoms with Crippen molar-refractivity contribution < 1.29 is 14.3 Å². The second-order valence-electron chi connectivity index (χ2n) is 6.29. The molecule has 0 aliphatic carbocycles. The van der Waals surface area contributed by atoms with Gasteiger partial charge in [0.25, 0.3) is 5.91 Å². The fraction of sp³-hybridized carbons (Fsp3) is 0.529. The molecule has 1 heterocycles. The van der Waals surface area contributed by atoms with Crippen LogP contribution >= 0.6 is 11.6 Å². The third-order valence-corrected chi connectivity index (χ3v) is 4.61. The minimum Gasteiger partial charge on any atom is -0.484 e. The van der Waals surface area contributed by atoms with Crippen molar-refractivity contribution in [2.75, 3.05) is 38.7 Å². The highest BCUT2D eigenvalue weighted by Gasteiger charge is 2.33.